The average molecular weight is 474 g/mol. The van der Waals surface area contributed by atoms with Crippen LogP contribution in [-0.2, 0) is 32.6 Å². The molecule has 1 atom stereocenters. The second-order valence-corrected chi connectivity index (χ2v) is 10.5. The molecule has 0 heterocycles. The molecule has 0 bridgehead atoms. The number of hydrogen-bond acceptors (Lipinski definition) is 4. The molecule has 7 nitrogen and oxygen atoms in total. The van der Waals surface area contributed by atoms with Crippen molar-refractivity contribution in [2.75, 3.05) is 17.1 Å². The van der Waals surface area contributed by atoms with E-state index >= 15 is 0 Å². The molecular formula is C25H35N3O4S. The smallest absolute Gasteiger partial charge is 0.244 e. The molecule has 0 saturated carbocycles. The van der Waals surface area contributed by atoms with Crippen molar-refractivity contribution in [2.45, 2.75) is 59.7 Å². The lowest BCUT2D eigenvalue weighted by Gasteiger charge is -2.32. The largest absolute Gasteiger partial charge is 0.352 e. The van der Waals surface area contributed by atoms with E-state index in [0.717, 1.165) is 33.7 Å². The lowest BCUT2D eigenvalue weighted by molar-refractivity contribution is -0.139. The van der Waals surface area contributed by atoms with E-state index in [9.17, 15) is 18.0 Å². The molecule has 0 aromatic heterocycles. The first kappa shape index (κ1) is 26.4. The van der Waals surface area contributed by atoms with Crippen molar-refractivity contribution in [3.63, 3.8) is 0 Å². The Morgan fingerprint density at radius 3 is 1.97 bits per heavy atom. The molecule has 1 unspecified atom stereocenters. The van der Waals surface area contributed by atoms with Crippen LogP contribution in [0, 0.1) is 6.92 Å². The van der Waals surface area contributed by atoms with Gasteiger partial charge in [-0.05, 0) is 57.4 Å². The van der Waals surface area contributed by atoms with Crippen molar-refractivity contribution in [1.82, 2.24) is 10.2 Å². The molecule has 0 saturated heterocycles. The normalized spacial score (nSPS) is 12.3. The SMILES string of the molecule is CCc1ccc(N(CC(=O)N(Cc2ccc(C)cc2)C(C)C(=O)NC(C)C)S(C)(=O)=O)cc1. The molecule has 0 aliphatic rings. The topological polar surface area (TPSA) is 86.8 Å². The van der Waals surface area contributed by atoms with Crippen LogP contribution in [0.3, 0.4) is 0 Å². The van der Waals surface area contributed by atoms with Crippen LogP contribution in [0.5, 0.6) is 0 Å². The van der Waals surface area contributed by atoms with Crippen LogP contribution < -0.4 is 9.62 Å². The third kappa shape index (κ3) is 7.60. The van der Waals surface area contributed by atoms with E-state index in [2.05, 4.69) is 5.32 Å². The molecule has 2 aromatic carbocycles. The monoisotopic (exact) mass is 473 g/mol. The fraction of sp³-hybridized carbons (Fsp3) is 0.440. The number of nitrogens with zero attached hydrogens (tertiary/aromatic N) is 2. The molecule has 180 valence electrons. The van der Waals surface area contributed by atoms with E-state index in [1.807, 2.05) is 64.1 Å². The maximum absolute atomic E-state index is 13.4. The van der Waals surface area contributed by atoms with Crippen LogP contribution >= 0.6 is 0 Å². The Bertz CT molecular complexity index is 1050. The summed E-state index contributed by atoms with van der Waals surface area (Å²) < 4.78 is 26.2. The summed E-state index contributed by atoms with van der Waals surface area (Å²) in [6.45, 7) is 9.14. The lowest BCUT2D eigenvalue weighted by atomic mass is 10.1. The predicted octanol–water partition coefficient (Wildman–Crippen LogP) is 3.27. The van der Waals surface area contributed by atoms with Gasteiger partial charge in [0.05, 0.1) is 11.9 Å². The summed E-state index contributed by atoms with van der Waals surface area (Å²) in [6.07, 6.45) is 1.90. The molecule has 8 heteroatoms. The van der Waals surface area contributed by atoms with Crippen molar-refractivity contribution in [3.8, 4) is 0 Å². The predicted molar refractivity (Wildman–Crippen MR) is 132 cm³/mol. The van der Waals surface area contributed by atoms with E-state index in [4.69, 9.17) is 0 Å². The number of rotatable bonds is 10. The Morgan fingerprint density at radius 1 is 0.939 bits per heavy atom. The Kier molecular flexibility index (Phi) is 9.05. The van der Waals surface area contributed by atoms with Gasteiger partial charge in [-0.1, -0.05) is 48.9 Å². The number of aryl methyl sites for hydroxylation is 2. The van der Waals surface area contributed by atoms with Crippen molar-refractivity contribution in [3.05, 3.63) is 65.2 Å². The van der Waals surface area contributed by atoms with Crippen molar-refractivity contribution in [1.29, 1.82) is 0 Å². The standard InChI is InChI=1S/C25H35N3O4S/c1-7-21-12-14-23(15-13-21)28(33(6,31)32)17-24(29)27(20(5)25(30)26-18(2)3)16-22-10-8-19(4)9-11-22/h8-15,18,20H,7,16-17H2,1-6H3,(H,26,30). The summed E-state index contributed by atoms with van der Waals surface area (Å²) in [7, 11) is -3.72. The summed E-state index contributed by atoms with van der Waals surface area (Å²) in [6, 6.07) is 13.9. The fourth-order valence-corrected chi connectivity index (χ4v) is 4.24. The second-order valence-electron chi connectivity index (χ2n) is 8.64. The van der Waals surface area contributed by atoms with E-state index in [1.54, 1.807) is 19.1 Å². The molecule has 0 fully saturated rings. The molecule has 1 N–H and O–H groups in total. The van der Waals surface area contributed by atoms with Gasteiger partial charge in [-0.15, -0.1) is 0 Å². The summed E-state index contributed by atoms with van der Waals surface area (Å²) in [5, 5.41) is 2.84. The third-order valence-corrected chi connectivity index (χ3v) is 6.52. The fourth-order valence-electron chi connectivity index (χ4n) is 3.39. The van der Waals surface area contributed by atoms with Gasteiger partial charge in [-0.25, -0.2) is 8.42 Å². The number of nitrogens with one attached hydrogen (secondary N) is 1. The van der Waals surface area contributed by atoms with Crippen LogP contribution in [0.25, 0.3) is 0 Å². The third-order valence-electron chi connectivity index (χ3n) is 5.38. The maximum Gasteiger partial charge on any atom is 0.244 e. The van der Waals surface area contributed by atoms with Gasteiger partial charge in [-0.3, -0.25) is 13.9 Å². The zero-order chi connectivity index (χ0) is 24.8. The average Bonchev–Trinajstić information content (AvgIpc) is 2.75. The first-order valence-electron chi connectivity index (χ1n) is 11.1. The highest BCUT2D eigenvalue weighted by Crippen LogP contribution is 2.20. The van der Waals surface area contributed by atoms with E-state index in [1.165, 1.54) is 4.90 Å². The van der Waals surface area contributed by atoms with E-state index in [0.29, 0.717) is 5.69 Å². The lowest BCUT2D eigenvalue weighted by Crippen LogP contribution is -2.52. The van der Waals surface area contributed by atoms with Gasteiger partial charge >= 0.3 is 0 Å². The highest BCUT2D eigenvalue weighted by Gasteiger charge is 2.30. The molecule has 2 amide bonds. The van der Waals surface area contributed by atoms with Gasteiger partial charge in [-0.2, -0.15) is 0 Å². The molecule has 0 radical (unpaired) electrons. The Morgan fingerprint density at radius 2 is 1.48 bits per heavy atom. The molecular weight excluding hydrogens is 438 g/mol. The Labute approximate surface area is 197 Å². The summed E-state index contributed by atoms with van der Waals surface area (Å²) in [5.41, 5.74) is 3.42. The number of anilines is 1. The molecule has 0 aliphatic heterocycles. The number of carbonyl (C=O) groups excluding carboxylic acids is 2. The molecule has 0 spiro atoms. The first-order chi connectivity index (χ1) is 15.4. The van der Waals surface area contributed by atoms with Gasteiger partial charge in [0.25, 0.3) is 0 Å². The Hall–Kier alpha value is -2.87. The molecule has 33 heavy (non-hydrogen) atoms. The highest BCUT2D eigenvalue weighted by molar-refractivity contribution is 7.92. The summed E-state index contributed by atoms with van der Waals surface area (Å²) >= 11 is 0. The molecule has 0 aliphatic carbocycles. The van der Waals surface area contributed by atoms with Crippen LogP contribution in [-0.4, -0.2) is 50.0 Å². The van der Waals surface area contributed by atoms with Crippen molar-refractivity contribution in [2.24, 2.45) is 0 Å². The van der Waals surface area contributed by atoms with E-state index in [-0.39, 0.29) is 18.5 Å². The number of hydrogen-bond donors (Lipinski definition) is 1. The number of amides is 2. The minimum Gasteiger partial charge on any atom is -0.352 e. The van der Waals surface area contributed by atoms with E-state index < -0.39 is 28.5 Å². The van der Waals surface area contributed by atoms with Crippen LogP contribution in [0.15, 0.2) is 48.5 Å². The quantitative estimate of drug-likeness (QED) is 0.574. The minimum absolute atomic E-state index is 0.0825. The first-order valence-corrected chi connectivity index (χ1v) is 13.0. The van der Waals surface area contributed by atoms with Gasteiger partial charge in [0, 0.05) is 12.6 Å². The second kappa shape index (κ2) is 11.3. The summed E-state index contributed by atoms with van der Waals surface area (Å²) in [4.78, 5) is 27.6. The van der Waals surface area contributed by atoms with Gasteiger partial charge in [0.2, 0.25) is 21.8 Å². The van der Waals surface area contributed by atoms with Gasteiger partial charge < -0.3 is 10.2 Å². The number of carbonyl (C=O) groups is 2. The number of benzene rings is 2. The Balaban J connectivity index is 2.36. The summed E-state index contributed by atoms with van der Waals surface area (Å²) in [5.74, 6) is -0.740. The van der Waals surface area contributed by atoms with Crippen molar-refractivity contribution >= 4 is 27.5 Å². The van der Waals surface area contributed by atoms with Crippen LogP contribution in [0.4, 0.5) is 5.69 Å². The highest BCUT2D eigenvalue weighted by atomic mass is 32.2. The van der Waals surface area contributed by atoms with Crippen molar-refractivity contribution < 1.29 is 18.0 Å². The maximum atomic E-state index is 13.4. The van der Waals surface area contributed by atoms with Crippen LogP contribution in [0.2, 0.25) is 0 Å². The van der Waals surface area contributed by atoms with Gasteiger partial charge in [0.1, 0.15) is 12.6 Å². The number of sulfonamides is 1. The molecule has 2 aromatic rings. The minimum atomic E-state index is -3.72. The van der Waals surface area contributed by atoms with Gasteiger partial charge in [0.15, 0.2) is 0 Å². The zero-order valence-corrected chi connectivity index (χ0v) is 21.1. The van der Waals surface area contributed by atoms with Crippen LogP contribution in [0.1, 0.15) is 44.4 Å². The zero-order valence-electron chi connectivity index (χ0n) is 20.3. The molecule has 2 rings (SSSR count).